The Bertz CT molecular complexity index is 988. The van der Waals surface area contributed by atoms with Gasteiger partial charge in [0.2, 0.25) is 0 Å². The second-order valence-corrected chi connectivity index (χ2v) is 7.98. The number of hydrogen-bond donors (Lipinski definition) is 2. The van der Waals surface area contributed by atoms with Crippen LogP contribution >= 0.6 is 0 Å². The zero-order chi connectivity index (χ0) is 22.9. The highest BCUT2D eigenvalue weighted by Gasteiger charge is 2.22. The Hall–Kier alpha value is -3.16. The fourth-order valence-electron chi connectivity index (χ4n) is 4.12. The Kier molecular flexibility index (Phi) is 8.41. The van der Waals surface area contributed by atoms with E-state index in [9.17, 15) is 4.79 Å². The van der Waals surface area contributed by atoms with E-state index in [-0.39, 0.29) is 0 Å². The number of nitrogens with one attached hydrogen (secondary N) is 1. The van der Waals surface area contributed by atoms with Crippen molar-refractivity contribution in [2.24, 2.45) is 12.8 Å². The number of aryl methyl sites for hydroxylation is 2. The standard InChI is InChI=1S/C13H19NO.C12H14N4O/c1-15-10-9-14-8-7-13(11-14)12-5-3-2-4-6-12;1-8-10(9-6-4-3-5-7-9)11(14-12(13)17)16(2)15-8/h2-6,13H,7-11H2,1H3;3-7H,1-2H3,(H3,13,14,17). The van der Waals surface area contributed by atoms with Crippen LogP contribution in [0.25, 0.3) is 11.1 Å². The van der Waals surface area contributed by atoms with Crippen molar-refractivity contribution in [3.8, 4) is 11.1 Å². The molecule has 170 valence electrons. The maximum atomic E-state index is 11.0. The van der Waals surface area contributed by atoms with Gasteiger partial charge in [0, 0.05) is 32.8 Å². The SMILES string of the molecule is COCCN1CCC(c2ccccc2)C1.Cc1nn(C)c(NC(N)=O)c1-c1ccccc1. The van der Waals surface area contributed by atoms with E-state index in [4.69, 9.17) is 10.5 Å². The van der Waals surface area contributed by atoms with E-state index in [1.54, 1.807) is 18.8 Å². The number of anilines is 1. The van der Waals surface area contributed by atoms with Gasteiger partial charge >= 0.3 is 6.03 Å². The Morgan fingerprint density at radius 1 is 1.16 bits per heavy atom. The minimum absolute atomic E-state index is 0.592. The molecule has 1 unspecified atom stereocenters. The van der Waals surface area contributed by atoms with Crippen molar-refractivity contribution in [2.45, 2.75) is 19.3 Å². The molecule has 7 nitrogen and oxygen atoms in total. The summed E-state index contributed by atoms with van der Waals surface area (Å²) in [5.74, 6) is 1.34. The second kappa shape index (κ2) is 11.5. The molecule has 3 aromatic rings. The number of likely N-dealkylation sites (tertiary alicyclic amines) is 1. The summed E-state index contributed by atoms with van der Waals surface area (Å²) >= 11 is 0. The van der Waals surface area contributed by atoms with Crippen molar-refractivity contribution in [2.75, 3.05) is 38.7 Å². The summed E-state index contributed by atoms with van der Waals surface area (Å²) in [6.07, 6.45) is 1.29. The number of hydrogen-bond acceptors (Lipinski definition) is 4. The fourth-order valence-corrected chi connectivity index (χ4v) is 4.12. The number of amides is 2. The third kappa shape index (κ3) is 6.18. The number of benzene rings is 2. The molecule has 1 saturated heterocycles. The number of methoxy groups -OCH3 is 1. The molecule has 0 spiro atoms. The predicted molar refractivity (Wildman–Crippen MR) is 129 cm³/mol. The van der Waals surface area contributed by atoms with E-state index in [1.165, 1.54) is 25.1 Å². The molecule has 0 radical (unpaired) electrons. The van der Waals surface area contributed by atoms with Crippen molar-refractivity contribution in [3.63, 3.8) is 0 Å². The molecule has 2 amide bonds. The number of carbonyl (C=O) groups excluding carboxylic acids is 1. The highest BCUT2D eigenvalue weighted by molar-refractivity contribution is 5.92. The monoisotopic (exact) mass is 435 g/mol. The van der Waals surface area contributed by atoms with Gasteiger partial charge < -0.3 is 15.4 Å². The first-order valence-corrected chi connectivity index (χ1v) is 10.9. The molecule has 1 aliphatic heterocycles. The van der Waals surface area contributed by atoms with Crippen molar-refractivity contribution in [3.05, 3.63) is 71.9 Å². The molecule has 4 rings (SSSR count). The Labute approximate surface area is 190 Å². The first-order valence-electron chi connectivity index (χ1n) is 10.9. The van der Waals surface area contributed by atoms with E-state index < -0.39 is 6.03 Å². The van der Waals surface area contributed by atoms with Crippen molar-refractivity contribution >= 4 is 11.8 Å². The molecular weight excluding hydrogens is 402 g/mol. The topological polar surface area (TPSA) is 85.4 Å². The zero-order valence-corrected chi connectivity index (χ0v) is 19.1. The van der Waals surface area contributed by atoms with E-state index in [0.29, 0.717) is 5.82 Å². The molecule has 32 heavy (non-hydrogen) atoms. The lowest BCUT2D eigenvalue weighted by atomic mass is 9.99. The normalized spacial score (nSPS) is 15.8. The van der Waals surface area contributed by atoms with Crippen LogP contribution in [0.3, 0.4) is 0 Å². The van der Waals surface area contributed by atoms with Crippen LogP contribution in [0.2, 0.25) is 0 Å². The molecule has 7 heteroatoms. The van der Waals surface area contributed by atoms with Gasteiger partial charge in [-0.05, 0) is 36.9 Å². The lowest BCUT2D eigenvalue weighted by Gasteiger charge is -2.15. The van der Waals surface area contributed by atoms with Crippen LogP contribution in [-0.2, 0) is 11.8 Å². The molecule has 0 saturated carbocycles. The van der Waals surface area contributed by atoms with Gasteiger partial charge in [-0.3, -0.25) is 10.00 Å². The second-order valence-electron chi connectivity index (χ2n) is 7.98. The summed E-state index contributed by atoms with van der Waals surface area (Å²) in [7, 11) is 3.54. The predicted octanol–water partition coefficient (Wildman–Crippen LogP) is 4.01. The summed E-state index contributed by atoms with van der Waals surface area (Å²) in [5, 5.41) is 6.89. The average molecular weight is 436 g/mol. The van der Waals surface area contributed by atoms with Crippen LogP contribution in [0.1, 0.15) is 23.6 Å². The van der Waals surface area contributed by atoms with E-state index in [0.717, 1.165) is 35.9 Å². The molecule has 2 heterocycles. The van der Waals surface area contributed by atoms with Crippen molar-refractivity contribution in [1.29, 1.82) is 0 Å². The molecular formula is C25H33N5O2. The van der Waals surface area contributed by atoms with Gasteiger partial charge in [-0.1, -0.05) is 60.7 Å². The smallest absolute Gasteiger partial charge is 0.317 e. The number of aromatic nitrogens is 2. The van der Waals surface area contributed by atoms with Gasteiger partial charge in [-0.15, -0.1) is 0 Å². The summed E-state index contributed by atoms with van der Waals surface area (Å²) in [5.41, 5.74) is 9.39. The third-order valence-corrected chi connectivity index (χ3v) is 5.68. The number of nitrogens with zero attached hydrogens (tertiary/aromatic N) is 3. The van der Waals surface area contributed by atoms with Crippen LogP contribution < -0.4 is 11.1 Å². The maximum absolute atomic E-state index is 11.0. The van der Waals surface area contributed by atoms with Gasteiger partial charge in [0.05, 0.1) is 12.3 Å². The molecule has 1 aromatic heterocycles. The highest BCUT2D eigenvalue weighted by Crippen LogP contribution is 2.30. The van der Waals surface area contributed by atoms with Crippen LogP contribution in [0.4, 0.5) is 10.6 Å². The zero-order valence-electron chi connectivity index (χ0n) is 19.1. The quantitative estimate of drug-likeness (QED) is 0.613. The number of rotatable bonds is 6. The number of ether oxygens (including phenoxy) is 1. The maximum Gasteiger partial charge on any atom is 0.317 e. The van der Waals surface area contributed by atoms with Gasteiger partial charge in [0.1, 0.15) is 5.82 Å². The summed E-state index contributed by atoms with van der Waals surface area (Å²) < 4.78 is 6.72. The number of carbonyl (C=O) groups is 1. The molecule has 0 aliphatic carbocycles. The van der Waals surface area contributed by atoms with Gasteiger partial charge in [0.15, 0.2) is 0 Å². The van der Waals surface area contributed by atoms with Crippen LogP contribution in [0.5, 0.6) is 0 Å². The van der Waals surface area contributed by atoms with Crippen LogP contribution in [0.15, 0.2) is 60.7 Å². The Balaban J connectivity index is 0.000000182. The lowest BCUT2D eigenvalue weighted by molar-refractivity contribution is 0.160. The lowest BCUT2D eigenvalue weighted by Crippen LogP contribution is -2.24. The Morgan fingerprint density at radius 2 is 1.81 bits per heavy atom. The first-order chi connectivity index (χ1) is 15.5. The van der Waals surface area contributed by atoms with Gasteiger partial charge in [-0.2, -0.15) is 5.10 Å². The van der Waals surface area contributed by atoms with E-state index in [2.05, 4.69) is 45.6 Å². The first kappa shape index (κ1) is 23.5. The van der Waals surface area contributed by atoms with Crippen molar-refractivity contribution in [1.82, 2.24) is 14.7 Å². The van der Waals surface area contributed by atoms with E-state index in [1.807, 2.05) is 37.3 Å². The number of nitrogens with two attached hydrogens (primary N) is 1. The minimum Gasteiger partial charge on any atom is -0.383 e. The molecule has 3 N–H and O–H groups in total. The largest absolute Gasteiger partial charge is 0.383 e. The van der Waals surface area contributed by atoms with E-state index >= 15 is 0 Å². The minimum atomic E-state index is -0.592. The summed E-state index contributed by atoms with van der Waals surface area (Å²) in [4.78, 5) is 13.5. The summed E-state index contributed by atoms with van der Waals surface area (Å²) in [6, 6.07) is 20.0. The third-order valence-electron chi connectivity index (χ3n) is 5.68. The van der Waals surface area contributed by atoms with Crippen molar-refractivity contribution < 1.29 is 9.53 Å². The Morgan fingerprint density at radius 3 is 2.44 bits per heavy atom. The molecule has 1 fully saturated rings. The number of primary amides is 1. The van der Waals surface area contributed by atoms with Crippen LogP contribution in [-0.4, -0.2) is 54.1 Å². The number of urea groups is 1. The van der Waals surface area contributed by atoms with Gasteiger partial charge in [0.25, 0.3) is 0 Å². The van der Waals surface area contributed by atoms with Gasteiger partial charge in [-0.25, -0.2) is 4.79 Å². The highest BCUT2D eigenvalue weighted by atomic mass is 16.5. The molecule has 1 aliphatic rings. The summed E-state index contributed by atoms with van der Waals surface area (Å²) in [6.45, 7) is 6.21. The average Bonchev–Trinajstić information content (AvgIpc) is 3.38. The molecule has 0 bridgehead atoms. The molecule has 2 aromatic carbocycles. The molecule has 1 atom stereocenters. The fraction of sp³-hybridized carbons (Fsp3) is 0.360. The van der Waals surface area contributed by atoms with Crippen LogP contribution in [0, 0.1) is 6.92 Å².